The van der Waals surface area contributed by atoms with E-state index in [1.807, 2.05) is 36.4 Å². The normalized spacial score (nSPS) is 10.5. The highest BCUT2D eigenvalue weighted by molar-refractivity contribution is 5.91. The number of para-hydroxylation sites is 1. The number of aromatic hydroxyl groups is 1. The van der Waals surface area contributed by atoms with E-state index in [0.29, 0.717) is 18.1 Å². The third-order valence-corrected chi connectivity index (χ3v) is 3.16. The van der Waals surface area contributed by atoms with Gasteiger partial charge < -0.3 is 16.6 Å². The molecule has 3 rings (SSSR count). The number of hydrogen-bond donors (Lipinski definition) is 3. The molecule has 3 aromatic rings. The van der Waals surface area contributed by atoms with Crippen molar-refractivity contribution in [1.82, 2.24) is 9.97 Å². The number of nitrogens with zero attached hydrogens (tertiary/aromatic N) is 3. The van der Waals surface area contributed by atoms with Gasteiger partial charge in [-0.25, -0.2) is 9.97 Å². The number of aromatic nitrogens is 2. The molecular formula is C16H15N5O. The Labute approximate surface area is 127 Å². The van der Waals surface area contributed by atoms with E-state index < -0.39 is 0 Å². The second-order valence-electron chi connectivity index (χ2n) is 4.86. The number of aliphatic imine (C=N–C) groups is 1. The molecule has 0 spiro atoms. The van der Waals surface area contributed by atoms with E-state index in [0.717, 1.165) is 16.5 Å². The summed E-state index contributed by atoms with van der Waals surface area (Å²) in [6, 6.07) is 14.5. The van der Waals surface area contributed by atoms with Gasteiger partial charge in [-0.2, -0.15) is 4.99 Å². The molecule has 0 saturated carbocycles. The number of rotatable bonds is 3. The van der Waals surface area contributed by atoms with Crippen LogP contribution in [0, 0.1) is 0 Å². The zero-order valence-electron chi connectivity index (χ0n) is 11.8. The van der Waals surface area contributed by atoms with Gasteiger partial charge in [0.1, 0.15) is 11.6 Å². The minimum atomic E-state index is -0.0422. The van der Waals surface area contributed by atoms with Crippen molar-refractivity contribution in [3.8, 4) is 5.75 Å². The van der Waals surface area contributed by atoms with Crippen molar-refractivity contribution in [2.24, 2.45) is 16.5 Å². The summed E-state index contributed by atoms with van der Waals surface area (Å²) in [6.07, 6.45) is 0.526. The van der Waals surface area contributed by atoms with Crippen LogP contribution in [0.5, 0.6) is 5.75 Å². The van der Waals surface area contributed by atoms with Gasteiger partial charge in [-0.3, -0.25) is 0 Å². The molecule has 0 aliphatic carbocycles. The number of guanidine groups is 1. The molecule has 6 nitrogen and oxygen atoms in total. The Hall–Kier alpha value is -3.15. The molecule has 0 unspecified atom stereocenters. The van der Waals surface area contributed by atoms with Crippen molar-refractivity contribution in [2.75, 3.05) is 0 Å². The third-order valence-electron chi connectivity index (χ3n) is 3.16. The van der Waals surface area contributed by atoms with Gasteiger partial charge >= 0.3 is 0 Å². The van der Waals surface area contributed by atoms with E-state index in [2.05, 4.69) is 15.0 Å². The first-order valence-corrected chi connectivity index (χ1v) is 6.75. The Morgan fingerprint density at radius 1 is 1.00 bits per heavy atom. The molecule has 6 heteroatoms. The lowest BCUT2D eigenvalue weighted by molar-refractivity contribution is 0.475. The van der Waals surface area contributed by atoms with E-state index in [-0.39, 0.29) is 11.7 Å². The maximum absolute atomic E-state index is 9.33. The minimum absolute atomic E-state index is 0.0422. The molecular weight excluding hydrogens is 278 g/mol. The SMILES string of the molecule is NC(N)=Nc1nc(Cc2ccc(O)cc2)nc2ccccc12. The zero-order valence-corrected chi connectivity index (χ0v) is 11.8. The Morgan fingerprint density at radius 2 is 1.73 bits per heavy atom. The van der Waals surface area contributed by atoms with Gasteiger partial charge in [0.05, 0.1) is 5.52 Å². The lowest BCUT2D eigenvalue weighted by Gasteiger charge is -2.06. The van der Waals surface area contributed by atoms with Crippen molar-refractivity contribution in [3.05, 3.63) is 59.9 Å². The van der Waals surface area contributed by atoms with Crippen LogP contribution in [-0.2, 0) is 6.42 Å². The quantitative estimate of drug-likeness (QED) is 0.504. The van der Waals surface area contributed by atoms with Gasteiger partial charge in [-0.1, -0.05) is 24.3 Å². The fourth-order valence-electron chi connectivity index (χ4n) is 2.19. The monoisotopic (exact) mass is 293 g/mol. The molecule has 5 N–H and O–H groups in total. The van der Waals surface area contributed by atoms with E-state index >= 15 is 0 Å². The summed E-state index contributed by atoms with van der Waals surface area (Å²) in [5.41, 5.74) is 12.7. The average molecular weight is 293 g/mol. The number of phenolic OH excluding ortho intramolecular Hbond substituents is 1. The van der Waals surface area contributed by atoms with Crippen LogP contribution in [0.2, 0.25) is 0 Å². The first kappa shape index (κ1) is 13.8. The lowest BCUT2D eigenvalue weighted by Crippen LogP contribution is -2.22. The summed E-state index contributed by atoms with van der Waals surface area (Å²) in [6.45, 7) is 0. The fourth-order valence-corrected chi connectivity index (χ4v) is 2.19. The maximum Gasteiger partial charge on any atom is 0.192 e. The van der Waals surface area contributed by atoms with Crippen molar-refractivity contribution >= 4 is 22.7 Å². The highest BCUT2D eigenvalue weighted by Gasteiger charge is 2.08. The van der Waals surface area contributed by atoms with Crippen LogP contribution in [0.25, 0.3) is 10.9 Å². The van der Waals surface area contributed by atoms with Crippen LogP contribution >= 0.6 is 0 Å². The topological polar surface area (TPSA) is 110 Å². The summed E-state index contributed by atoms with van der Waals surface area (Å²) in [5.74, 6) is 1.26. The Kier molecular flexibility index (Phi) is 3.57. The highest BCUT2D eigenvalue weighted by Crippen LogP contribution is 2.23. The van der Waals surface area contributed by atoms with Crippen LogP contribution in [0.15, 0.2) is 53.5 Å². The molecule has 0 atom stereocenters. The predicted octanol–water partition coefficient (Wildman–Crippen LogP) is 1.83. The van der Waals surface area contributed by atoms with Gasteiger partial charge in [0.25, 0.3) is 0 Å². The summed E-state index contributed by atoms with van der Waals surface area (Å²) in [4.78, 5) is 13.1. The van der Waals surface area contributed by atoms with E-state index in [1.54, 1.807) is 12.1 Å². The maximum atomic E-state index is 9.33. The third kappa shape index (κ3) is 2.95. The summed E-state index contributed by atoms with van der Waals surface area (Å²) in [7, 11) is 0. The van der Waals surface area contributed by atoms with Gasteiger partial charge in [0.15, 0.2) is 11.8 Å². The molecule has 0 fully saturated rings. The average Bonchev–Trinajstić information content (AvgIpc) is 2.49. The standard InChI is InChI=1S/C16H15N5O/c17-16(18)21-15-12-3-1-2-4-13(12)19-14(20-15)9-10-5-7-11(22)8-6-10/h1-8,22H,9H2,(H4,17,18,19,20,21). The molecule has 0 aliphatic heterocycles. The van der Waals surface area contributed by atoms with Gasteiger partial charge in [-0.15, -0.1) is 0 Å². The lowest BCUT2D eigenvalue weighted by atomic mass is 10.1. The molecule has 22 heavy (non-hydrogen) atoms. The van der Waals surface area contributed by atoms with E-state index in [9.17, 15) is 5.11 Å². The van der Waals surface area contributed by atoms with Crippen molar-refractivity contribution in [2.45, 2.75) is 6.42 Å². The molecule has 110 valence electrons. The van der Waals surface area contributed by atoms with E-state index in [4.69, 9.17) is 11.5 Å². The molecule has 1 aromatic heterocycles. The largest absolute Gasteiger partial charge is 0.508 e. The first-order chi connectivity index (χ1) is 10.6. The molecule has 0 aliphatic rings. The van der Waals surface area contributed by atoms with Gasteiger partial charge in [-0.05, 0) is 29.8 Å². The van der Waals surface area contributed by atoms with Gasteiger partial charge in [0.2, 0.25) is 0 Å². The second-order valence-corrected chi connectivity index (χ2v) is 4.86. The van der Waals surface area contributed by atoms with Crippen molar-refractivity contribution < 1.29 is 5.11 Å². The minimum Gasteiger partial charge on any atom is -0.508 e. The molecule has 0 radical (unpaired) electrons. The molecule has 2 aromatic carbocycles. The number of hydrogen-bond acceptors (Lipinski definition) is 4. The first-order valence-electron chi connectivity index (χ1n) is 6.75. The molecule has 0 bridgehead atoms. The molecule has 0 saturated heterocycles. The molecule has 0 amide bonds. The Morgan fingerprint density at radius 3 is 2.45 bits per heavy atom. The van der Waals surface area contributed by atoms with Crippen LogP contribution in [-0.4, -0.2) is 21.0 Å². The number of benzene rings is 2. The number of phenols is 1. The van der Waals surface area contributed by atoms with Crippen LogP contribution < -0.4 is 11.5 Å². The Balaban J connectivity index is 2.06. The zero-order chi connectivity index (χ0) is 15.5. The number of fused-ring (bicyclic) bond motifs is 1. The second kappa shape index (κ2) is 5.69. The smallest absolute Gasteiger partial charge is 0.192 e. The summed E-state index contributed by atoms with van der Waals surface area (Å²) in [5, 5.41) is 10.1. The van der Waals surface area contributed by atoms with Crippen LogP contribution in [0.1, 0.15) is 11.4 Å². The fraction of sp³-hybridized carbons (Fsp3) is 0.0625. The van der Waals surface area contributed by atoms with Crippen molar-refractivity contribution in [3.63, 3.8) is 0 Å². The Bertz CT molecular complexity index is 839. The summed E-state index contributed by atoms with van der Waals surface area (Å²) >= 11 is 0. The number of nitrogens with two attached hydrogens (primary N) is 2. The van der Waals surface area contributed by atoms with Crippen molar-refractivity contribution in [1.29, 1.82) is 0 Å². The van der Waals surface area contributed by atoms with Gasteiger partial charge in [0, 0.05) is 11.8 Å². The van der Waals surface area contributed by atoms with E-state index in [1.165, 1.54) is 0 Å². The highest BCUT2D eigenvalue weighted by atomic mass is 16.3. The molecule has 1 heterocycles. The predicted molar refractivity (Wildman–Crippen MR) is 85.9 cm³/mol. The van der Waals surface area contributed by atoms with Crippen LogP contribution in [0.4, 0.5) is 5.82 Å². The van der Waals surface area contributed by atoms with Crippen LogP contribution in [0.3, 0.4) is 0 Å². The summed E-state index contributed by atoms with van der Waals surface area (Å²) < 4.78 is 0.